The van der Waals surface area contributed by atoms with Gasteiger partial charge in [0.05, 0.1) is 11.6 Å². The molecule has 0 aromatic carbocycles. The number of rotatable bonds is 5. The number of nitrogens with zero attached hydrogens (tertiary/aromatic N) is 2. The zero-order chi connectivity index (χ0) is 15.2. The number of carbonyl (C=O) groups is 2. The minimum Gasteiger partial charge on any atom is -0.464 e. The Kier molecular flexibility index (Phi) is 5.69. The van der Waals surface area contributed by atoms with Gasteiger partial charge in [-0.3, -0.25) is 4.79 Å². The fraction of sp³-hybridized carbons (Fsp3) is 0.643. The molecule has 1 atom stereocenters. The number of ether oxygens (including phenoxy) is 1. The van der Waals surface area contributed by atoms with Gasteiger partial charge in [-0.15, -0.1) is 11.3 Å². The molecular weight excluding hydrogens is 290 g/mol. The lowest BCUT2D eigenvalue weighted by Crippen LogP contribution is -2.48. The number of hydrogen-bond acceptors (Lipinski definition) is 6. The van der Waals surface area contributed by atoms with Crippen molar-refractivity contribution in [2.24, 2.45) is 5.73 Å². The summed E-state index contributed by atoms with van der Waals surface area (Å²) in [5.41, 5.74) is 5.90. The van der Waals surface area contributed by atoms with E-state index in [4.69, 9.17) is 10.5 Å². The van der Waals surface area contributed by atoms with Crippen LogP contribution in [0, 0.1) is 0 Å². The van der Waals surface area contributed by atoms with Crippen LogP contribution in [-0.4, -0.2) is 47.5 Å². The van der Waals surface area contributed by atoms with E-state index in [-0.39, 0.29) is 11.9 Å². The third kappa shape index (κ3) is 3.79. The third-order valence-corrected chi connectivity index (χ3v) is 4.36. The number of aromatic nitrogens is 1. The van der Waals surface area contributed by atoms with E-state index in [1.165, 1.54) is 11.3 Å². The molecule has 0 radical (unpaired) electrons. The lowest BCUT2D eigenvalue weighted by molar-refractivity contribution is -0.149. The van der Waals surface area contributed by atoms with Gasteiger partial charge in [0.1, 0.15) is 11.7 Å². The molecule has 1 unspecified atom stereocenters. The largest absolute Gasteiger partial charge is 0.464 e. The molecule has 116 valence electrons. The van der Waals surface area contributed by atoms with Crippen LogP contribution in [0.25, 0.3) is 0 Å². The quantitative estimate of drug-likeness (QED) is 0.826. The Hall–Kier alpha value is -1.47. The van der Waals surface area contributed by atoms with Gasteiger partial charge in [0.2, 0.25) is 0 Å². The zero-order valence-corrected chi connectivity index (χ0v) is 13.0. The van der Waals surface area contributed by atoms with Crippen LogP contribution < -0.4 is 5.73 Å². The SMILES string of the molecule is CCOC(=O)C1CCCCN1C(=O)c1csc(CCN)n1. The fourth-order valence-electron chi connectivity index (χ4n) is 2.45. The van der Waals surface area contributed by atoms with Gasteiger partial charge in [0, 0.05) is 18.3 Å². The van der Waals surface area contributed by atoms with Crippen LogP contribution in [0.5, 0.6) is 0 Å². The third-order valence-electron chi connectivity index (χ3n) is 3.45. The second-order valence-corrected chi connectivity index (χ2v) is 5.87. The minimum atomic E-state index is -0.481. The van der Waals surface area contributed by atoms with E-state index in [1.807, 2.05) is 0 Å². The van der Waals surface area contributed by atoms with Gasteiger partial charge < -0.3 is 15.4 Å². The minimum absolute atomic E-state index is 0.188. The topological polar surface area (TPSA) is 85.5 Å². The van der Waals surface area contributed by atoms with Crippen molar-refractivity contribution < 1.29 is 14.3 Å². The predicted octanol–water partition coefficient (Wildman–Crippen LogP) is 1.20. The number of likely N-dealkylation sites (tertiary alicyclic amines) is 1. The van der Waals surface area contributed by atoms with Crippen LogP contribution in [0.3, 0.4) is 0 Å². The fourth-order valence-corrected chi connectivity index (χ4v) is 3.24. The molecule has 1 aliphatic heterocycles. The number of esters is 1. The summed E-state index contributed by atoms with van der Waals surface area (Å²) >= 11 is 1.43. The highest BCUT2D eigenvalue weighted by Crippen LogP contribution is 2.21. The normalized spacial score (nSPS) is 18.6. The van der Waals surface area contributed by atoms with E-state index in [0.717, 1.165) is 17.8 Å². The summed E-state index contributed by atoms with van der Waals surface area (Å²) in [6, 6.07) is -0.481. The second kappa shape index (κ2) is 7.51. The molecule has 7 heteroatoms. The number of thiazole rings is 1. The van der Waals surface area contributed by atoms with E-state index in [0.29, 0.717) is 38.2 Å². The number of carbonyl (C=O) groups excluding carboxylic acids is 2. The molecule has 21 heavy (non-hydrogen) atoms. The molecule has 0 saturated carbocycles. The van der Waals surface area contributed by atoms with Crippen LogP contribution in [0.15, 0.2) is 5.38 Å². The molecule has 0 bridgehead atoms. The lowest BCUT2D eigenvalue weighted by atomic mass is 10.0. The molecule has 1 amide bonds. The van der Waals surface area contributed by atoms with Gasteiger partial charge in [0.25, 0.3) is 5.91 Å². The lowest BCUT2D eigenvalue weighted by Gasteiger charge is -2.33. The van der Waals surface area contributed by atoms with Gasteiger partial charge in [-0.25, -0.2) is 9.78 Å². The monoisotopic (exact) mass is 311 g/mol. The van der Waals surface area contributed by atoms with Gasteiger partial charge >= 0.3 is 5.97 Å². The Morgan fingerprint density at radius 2 is 2.33 bits per heavy atom. The predicted molar refractivity (Wildman–Crippen MR) is 80.2 cm³/mol. The number of hydrogen-bond donors (Lipinski definition) is 1. The molecule has 0 aliphatic carbocycles. The van der Waals surface area contributed by atoms with E-state index < -0.39 is 6.04 Å². The summed E-state index contributed by atoms with van der Waals surface area (Å²) in [6.45, 7) is 3.18. The van der Waals surface area contributed by atoms with Crippen molar-refractivity contribution in [3.63, 3.8) is 0 Å². The molecule has 1 saturated heterocycles. The van der Waals surface area contributed by atoms with Crippen LogP contribution in [0.1, 0.15) is 41.7 Å². The Balaban J connectivity index is 2.12. The summed E-state index contributed by atoms with van der Waals surface area (Å²) in [4.78, 5) is 30.5. The van der Waals surface area contributed by atoms with Crippen molar-refractivity contribution in [3.05, 3.63) is 16.1 Å². The first-order valence-corrected chi connectivity index (χ1v) is 8.17. The van der Waals surface area contributed by atoms with Gasteiger partial charge in [-0.2, -0.15) is 0 Å². The van der Waals surface area contributed by atoms with Crippen molar-refractivity contribution in [2.45, 2.75) is 38.6 Å². The van der Waals surface area contributed by atoms with Gasteiger partial charge in [-0.1, -0.05) is 0 Å². The zero-order valence-electron chi connectivity index (χ0n) is 12.2. The summed E-state index contributed by atoms with van der Waals surface area (Å²) in [5.74, 6) is -0.504. The summed E-state index contributed by atoms with van der Waals surface area (Å²) in [6.07, 6.45) is 3.16. The van der Waals surface area contributed by atoms with Crippen molar-refractivity contribution in [1.82, 2.24) is 9.88 Å². The van der Waals surface area contributed by atoms with Gasteiger partial charge in [-0.05, 0) is 32.7 Å². The molecule has 6 nitrogen and oxygen atoms in total. The molecule has 2 heterocycles. The summed E-state index contributed by atoms with van der Waals surface area (Å²) in [5, 5.41) is 2.59. The maximum Gasteiger partial charge on any atom is 0.328 e. The molecule has 2 N–H and O–H groups in total. The highest BCUT2D eigenvalue weighted by molar-refractivity contribution is 7.09. The Morgan fingerprint density at radius 1 is 1.52 bits per heavy atom. The van der Waals surface area contributed by atoms with E-state index in [1.54, 1.807) is 17.2 Å². The van der Waals surface area contributed by atoms with Crippen LogP contribution in [0.4, 0.5) is 0 Å². The highest BCUT2D eigenvalue weighted by atomic mass is 32.1. The number of amides is 1. The van der Waals surface area contributed by atoms with Crippen LogP contribution >= 0.6 is 11.3 Å². The Morgan fingerprint density at radius 3 is 3.05 bits per heavy atom. The first-order valence-electron chi connectivity index (χ1n) is 7.29. The molecule has 1 fully saturated rings. The molecule has 0 spiro atoms. The Bertz CT molecular complexity index is 503. The summed E-state index contributed by atoms with van der Waals surface area (Å²) in [7, 11) is 0. The molecule has 2 rings (SSSR count). The van der Waals surface area contributed by atoms with E-state index >= 15 is 0 Å². The number of nitrogens with two attached hydrogens (primary N) is 1. The highest BCUT2D eigenvalue weighted by Gasteiger charge is 2.34. The first kappa shape index (κ1) is 15.9. The van der Waals surface area contributed by atoms with Crippen molar-refractivity contribution in [3.8, 4) is 0 Å². The smallest absolute Gasteiger partial charge is 0.328 e. The average molecular weight is 311 g/mol. The second-order valence-electron chi connectivity index (χ2n) is 4.93. The van der Waals surface area contributed by atoms with E-state index in [9.17, 15) is 9.59 Å². The van der Waals surface area contributed by atoms with Crippen molar-refractivity contribution in [1.29, 1.82) is 0 Å². The molecular formula is C14H21N3O3S. The number of piperidine rings is 1. The van der Waals surface area contributed by atoms with E-state index in [2.05, 4.69) is 4.98 Å². The van der Waals surface area contributed by atoms with Crippen molar-refractivity contribution in [2.75, 3.05) is 19.7 Å². The maximum atomic E-state index is 12.6. The Labute approximate surface area is 128 Å². The first-order chi connectivity index (χ1) is 10.2. The molecule has 1 aromatic heterocycles. The van der Waals surface area contributed by atoms with Crippen LogP contribution in [-0.2, 0) is 16.0 Å². The maximum absolute atomic E-state index is 12.6. The standard InChI is InChI=1S/C14H21N3O3S/c1-2-20-14(19)11-5-3-4-8-17(11)13(18)10-9-21-12(16-10)6-7-15/h9,11H,2-8,15H2,1H3. The molecule has 1 aromatic rings. The summed E-state index contributed by atoms with van der Waals surface area (Å²) < 4.78 is 5.07. The van der Waals surface area contributed by atoms with Crippen LogP contribution in [0.2, 0.25) is 0 Å². The van der Waals surface area contributed by atoms with Crippen molar-refractivity contribution >= 4 is 23.2 Å². The van der Waals surface area contributed by atoms with Gasteiger partial charge in [0.15, 0.2) is 0 Å². The molecule has 1 aliphatic rings. The average Bonchev–Trinajstić information content (AvgIpc) is 2.96.